The second kappa shape index (κ2) is 4.52. The van der Waals surface area contributed by atoms with E-state index in [0.717, 1.165) is 10.9 Å². The van der Waals surface area contributed by atoms with Crippen molar-refractivity contribution in [2.45, 2.75) is 0 Å². The van der Waals surface area contributed by atoms with Crippen LogP contribution in [0.2, 0.25) is 0 Å². The number of hydrogen-bond donors (Lipinski definition) is 1. The normalized spacial score (nSPS) is 9.94. The molecule has 1 N–H and O–H groups in total. The maximum atomic E-state index is 12.9. The lowest BCUT2D eigenvalue weighted by molar-refractivity contribution is 0.102. The van der Waals surface area contributed by atoms with Crippen LogP contribution in [0.25, 0.3) is 6.20 Å². The van der Waals surface area contributed by atoms with Crippen molar-refractivity contribution in [2.75, 3.05) is 5.32 Å². The first-order chi connectivity index (χ1) is 8.19. The average molecular weight is 233 g/mol. The van der Waals surface area contributed by atoms with E-state index in [-0.39, 0.29) is 11.5 Å². The Kier molecular flexibility index (Phi) is 2.91. The van der Waals surface area contributed by atoms with Crippen LogP contribution in [-0.4, -0.2) is 26.1 Å². The van der Waals surface area contributed by atoms with Gasteiger partial charge in [0.1, 0.15) is 5.82 Å². The van der Waals surface area contributed by atoms with Gasteiger partial charge in [0.25, 0.3) is 11.9 Å². The Morgan fingerprint density at radius 1 is 1.53 bits per heavy atom. The van der Waals surface area contributed by atoms with E-state index in [0.29, 0.717) is 0 Å². The molecule has 2 aromatic rings. The van der Waals surface area contributed by atoms with Gasteiger partial charge < -0.3 is 0 Å². The minimum Gasteiger partial charge on any atom is -0.288 e. The number of nitrogens with zero attached hydrogens (tertiary/aromatic N) is 4. The first kappa shape index (κ1) is 10.9. The van der Waals surface area contributed by atoms with Crippen molar-refractivity contribution < 1.29 is 9.18 Å². The Morgan fingerprint density at radius 3 is 3.00 bits per heavy atom. The van der Waals surface area contributed by atoms with E-state index in [1.165, 1.54) is 24.4 Å². The van der Waals surface area contributed by atoms with E-state index >= 15 is 0 Å². The zero-order chi connectivity index (χ0) is 12.3. The van der Waals surface area contributed by atoms with E-state index < -0.39 is 11.7 Å². The molecule has 0 fully saturated rings. The number of anilines is 1. The third-order valence-electron chi connectivity index (χ3n) is 1.90. The van der Waals surface area contributed by atoms with E-state index in [1.54, 1.807) is 0 Å². The van der Waals surface area contributed by atoms with E-state index in [1.807, 2.05) is 0 Å². The molecule has 0 saturated carbocycles. The quantitative estimate of drug-likeness (QED) is 0.863. The Balaban J connectivity index is 2.14. The van der Waals surface area contributed by atoms with Crippen molar-refractivity contribution in [3.8, 4) is 0 Å². The summed E-state index contributed by atoms with van der Waals surface area (Å²) in [7, 11) is 0. The molecule has 7 heteroatoms. The highest BCUT2D eigenvalue weighted by Gasteiger charge is 2.09. The molecule has 1 aromatic heterocycles. The molecule has 0 saturated heterocycles. The Morgan fingerprint density at radius 2 is 2.35 bits per heavy atom. The number of nitrogens with one attached hydrogen (secondary N) is 1. The first-order valence-corrected chi connectivity index (χ1v) is 4.68. The number of halogens is 1. The van der Waals surface area contributed by atoms with Crippen molar-refractivity contribution >= 4 is 18.1 Å². The maximum absolute atomic E-state index is 12.9. The minimum atomic E-state index is -0.506. The molecule has 0 spiro atoms. The summed E-state index contributed by atoms with van der Waals surface area (Å²) in [6.45, 7) is 3.43. The van der Waals surface area contributed by atoms with Gasteiger partial charge in [-0.3, -0.25) is 10.1 Å². The molecule has 0 radical (unpaired) electrons. The second-order valence-electron chi connectivity index (χ2n) is 3.08. The van der Waals surface area contributed by atoms with Crippen molar-refractivity contribution in [1.29, 1.82) is 0 Å². The first-order valence-electron chi connectivity index (χ1n) is 4.68. The van der Waals surface area contributed by atoms with Gasteiger partial charge in [0.2, 0.25) is 0 Å². The SMILES string of the molecule is C=Cn1nnc(NC(=O)c2cccc(F)c2)n1. The van der Waals surface area contributed by atoms with Crippen molar-refractivity contribution in [3.05, 3.63) is 42.2 Å². The molecule has 0 aliphatic heterocycles. The molecule has 0 atom stereocenters. The standard InChI is InChI=1S/C10H8FN5O/c1-2-16-14-10(13-15-16)12-9(17)7-4-3-5-8(11)6-7/h2-6H,1H2,(H,12,14,17). The second-order valence-corrected chi connectivity index (χ2v) is 3.08. The average Bonchev–Trinajstić information content (AvgIpc) is 2.77. The number of rotatable bonds is 3. The van der Waals surface area contributed by atoms with Crippen LogP contribution in [0, 0.1) is 5.82 Å². The van der Waals surface area contributed by atoms with Gasteiger partial charge in [0, 0.05) is 11.8 Å². The zero-order valence-corrected chi connectivity index (χ0v) is 8.67. The minimum absolute atomic E-state index is 0.0270. The number of carbonyl (C=O) groups excluding carboxylic acids is 1. The van der Waals surface area contributed by atoms with Crippen LogP contribution in [0.3, 0.4) is 0 Å². The topological polar surface area (TPSA) is 72.7 Å². The predicted octanol–water partition coefficient (Wildman–Crippen LogP) is 1.17. The van der Waals surface area contributed by atoms with Gasteiger partial charge in [-0.1, -0.05) is 17.7 Å². The van der Waals surface area contributed by atoms with Gasteiger partial charge in [-0.05, 0) is 23.4 Å². The highest BCUT2D eigenvalue weighted by molar-refractivity contribution is 6.03. The van der Waals surface area contributed by atoms with E-state index in [9.17, 15) is 9.18 Å². The number of hydrogen-bond acceptors (Lipinski definition) is 4. The molecular weight excluding hydrogens is 225 g/mol. The Bertz CT molecular complexity index is 565. The largest absolute Gasteiger partial charge is 0.288 e. The smallest absolute Gasteiger partial charge is 0.270 e. The number of benzene rings is 1. The van der Waals surface area contributed by atoms with E-state index in [4.69, 9.17) is 0 Å². The highest BCUT2D eigenvalue weighted by Crippen LogP contribution is 2.05. The summed E-state index contributed by atoms with van der Waals surface area (Å²) in [6.07, 6.45) is 1.32. The molecule has 0 unspecified atom stereocenters. The molecule has 2 rings (SSSR count). The lowest BCUT2D eigenvalue weighted by Gasteiger charge is -1.99. The summed E-state index contributed by atoms with van der Waals surface area (Å²) in [5, 5.41) is 13.3. The molecule has 6 nitrogen and oxygen atoms in total. The summed E-state index contributed by atoms with van der Waals surface area (Å²) in [6, 6.07) is 5.30. The number of tetrazole rings is 1. The van der Waals surface area contributed by atoms with Gasteiger partial charge in [-0.2, -0.15) is 0 Å². The summed E-state index contributed by atoms with van der Waals surface area (Å²) in [5.74, 6) is -0.965. The number of aromatic nitrogens is 4. The highest BCUT2D eigenvalue weighted by atomic mass is 19.1. The van der Waals surface area contributed by atoms with Crippen LogP contribution in [0.1, 0.15) is 10.4 Å². The molecule has 86 valence electrons. The van der Waals surface area contributed by atoms with Crippen molar-refractivity contribution in [1.82, 2.24) is 20.2 Å². The fraction of sp³-hybridized carbons (Fsp3) is 0. The number of amides is 1. The molecule has 1 heterocycles. The summed E-state index contributed by atoms with van der Waals surface area (Å²) in [4.78, 5) is 12.7. The molecule has 0 aliphatic rings. The zero-order valence-electron chi connectivity index (χ0n) is 8.67. The predicted molar refractivity (Wildman–Crippen MR) is 58.6 cm³/mol. The van der Waals surface area contributed by atoms with Crippen molar-refractivity contribution in [2.24, 2.45) is 0 Å². The van der Waals surface area contributed by atoms with Crippen LogP contribution >= 0.6 is 0 Å². The fourth-order valence-corrected chi connectivity index (χ4v) is 1.16. The lowest BCUT2D eigenvalue weighted by atomic mass is 10.2. The number of carbonyl (C=O) groups is 1. The van der Waals surface area contributed by atoms with Crippen LogP contribution in [0.15, 0.2) is 30.8 Å². The van der Waals surface area contributed by atoms with Gasteiger partial charge in [-0.25, -0.2) is 4.39 Å². The third kappa shape index (κ3) is 2.51. The van der Waals surface area contributed by atoms with E-state index in [2.05, 4.69) is 27.3 Å². The summed E-state index contributed by atoms with van der Waals surface area (Å²) in [5.41, 5.74) is 0.181. The van der Waals surface area contributed by atoms with Crippen LogP contribution in [0.5, 0.6) is 0 Å². The molecule has 1 aromatic carbocycles. The van der Waals surface area contributed by atoms with Crippen molar-refractivity contribution in [3.63, 3.8) is 0 Å². The van der Waals surface area contributed by atoms with Gasteiger partial charge >= 0.3 is 0 Å². The van der Waals surface area contributed by atoms with Gasteiger partial charge in [0.05, 0.1) is 0 Å². The fourth-order valence-electron chi connectivity index (χ4n) is 1.16. The lowest BCUT2D eigenvalue weighted by Crippen LogP contribution is -2.13. The summed E-state index contributed by atoms with van der Waals surface area (Å²) < 4.78 is 12.9. The van der Waals surface area contributed by atoms with Crippen LogP contribution in [-0.2, 0) is 0 Å². The molecule has 17 heavy (non-hydrogen) atoms. The molecule has 1 amide bonds. The molecule has 0 bridgehead atoms. The summed E-state index contributed by atoms with van der Waals surface area (Å²) >= 11 is 0. The van der Waals surface area contributed by atoms with Crippen LogP contribution < -0.4 is 5.32 Å². The molecule has 0 aliphatic carbocycles. The van der Waals surface area contributed by atoms with Gasteiger partial charge in [0.15, 0.2) is 0 Å². The van der Waals surface area contributed by atoms with Gasteiger partial charge in [-0.15, -0.1) is 9.90 Å². The Labute approximate surface area is 95.8 Å². The third-order valence-corrected chi connectivity index (χ3v) is 1.90. The molecular formula is C10H8FN5O. The van der Waals surface area contributed by atoms with Crippen LogP contribution in [0.4, 0.5) is 10.3 Å². The maximum Gasteiger partial charge on any atom is 0.270 e. The monoisotopic (exact) mass is 233 g/mol. The Hall–Kier alpha value is -2.57.